The van der Waals surface area contributed by atoms with E-state index in [-0.39, 0.29) is 18.7 Å². The van der Waals surface area contributed by atoms with Crippen molar-refractivity contribution in [1.29, 1.82) is 0 Å². The Hall–Kier alpha value is -0.620. The Morgan fingerprint density at radius 1 is 1.61 bits per heavy atom. The maximum Gasteiger partial charge on any atom is 0.0755 e. The lowest BCUT2D eigenvalue weighted by Crippen LogP contribution is -2.47. The van der Waals surface area contributed by atoms with Crippen molar-refractivity contribution in [3.63, 3.8) is 0 Å². The molecule has 1 aromatic rings. The molecule has 100 valence electrons. The third-order valence-corrected chi connectivity index (χ3v) is 3.93. The highest BCUT2D eigenvalue weighted by Crippen LogP contribution is 2.29. The van der Waals surface area contributed by atoms with E-state index < -0.39 is 0 Å². The molecule has 0 amide bonds. The number of aliphatic hydroxyl groups excluding tert-OH is 1. The molecule has 1 saturated heterocycles. The van der Waals surface area contributed by atoms with Gasteiger partial charge in [0.2, 0.25) is 0 Å². The third-order valence-electron chi connectivity index (χ3n) is 3.24. The van der Waals surface area contributed by atoms with Crippen LogP contribution in [0.2, 0.25) is 0 Å². The zero-order valence-corrected chi connectivity index (χ0v) is 12.1. The van der Waals surface area contributed by atoms with Gasteiger partial charge in [0.05, 0.1) is 25.9 Å². The number of hydrogen-bond acceptors (Lipinski definition) is 4. The molecule has 0 spiro atoms. The lowest BCUT2D eigenvalue weighted by atomic mass is 10.1. The minimum atomic E-state index is 0.00625. The van der Waals surface area contributed by atoms with Crippen molar-refractivity contribution < 1.29 is 9.84 Å². The van der Waals surface area contributed by atoms with Gasteiger partial charge in [0.25, 0.3) is 0 Å². The molecule has 0 aromatic heterocycles. The fourth-order valence-electron chi connectivity index (χ4n) is 2.21. The van der Waals surface area contributed by atoms with Gasteiger partial charge in [0, 0.05) is 22.7 Å². The third kappa shape index (κ3) is 2.85. The van der Waals surface area contributed by atoms with Gasteiger partial charge in [0.15, 0.2) is 0 Å². The second-order valence-corrected chi connectivity index (χ2v) is 5.45. The number of anilines is 1. The first-order valence-electron chi connectivity index (χ1n) is 6.13. The largest absolute Gasteiger partial charge is 0.394 e. The topological polar surface area (TPSA) is 58.7 Å². The SMILES string of the molecule is C[C@H](N)c1ccc(N2CCOCC2CO)cc1Br. The van der Waals surface area contributed by atoms with Crippen LogP contribution in [0.5, 0.6) is 0 Å². The lowest BCUT2D eigenvalue weighted by molar-refractivity contribution is 0.0727. The van der Waals surface area contributed by atoms with E-state index in [9.17, 15) is 5.11 Å². The Balaban J connectivity index is 2.24. The maximum atomic E-state index is 9.38. The second kappa shape index (κ2) is 6.02. The van der Waals surface area contributed by atoms with Crippen LogP contribution in [-0.4, -0.2) is 37.5 Å². The molecule has 1 aromatic carbocycles. The van der Waals surface area contributed by atoms with Crippen molar-refractivity contribution in [3.8, 4) is 0 Å². The molecule has 1 aliphatic rings. The van der Waals surface area contributed by atoms with Crippen molar-refractivity contribution in [2.24, 2.45) is 5.73 Å². The van der Waals surface area contributed by atoms with Crippen LogP contribution in [0.4, 0.5) is 5.69 Å². The molecule has 3 N–H and O–H groups in total. The Morgan fingerprint density at radius 2 is 2.39 bits per heavy atom. The number of nitrogens with zero attached hydrogens (tertiary/aromatic N) is 1. The van der Waals surface area contributed by atoms with Crippen LogP contribution < -0.4 is 10.6 Å². The second-order valence-electron chi connectivity index (χ2n) is 4.60. The van der Waals surface area contributed by atoms with Gasteiger partial charge >= 0.3 is 0 Å². The van der Waals surface area contributed by atoms with Gasteiger partial charge in [-0.3, -0.25) is 0 Å². The van der Waals surface area contributed by atoms with Crippen LogP contribution in [0.3, 0.4) is 0 Å². The molecule has 18 heavy (non-hydrogen) atoms. The zero-order chi connectivity index (χ0) is 13.1. The van der Waals surface area contributed by atoms with Gasteiger partial charge in [-0.1, -0.05) is 22.0 Å². The average Bonchev–Trinajstić information content (AvgIpc) is 2.38. The van der Waals surface area contributed by atoms with E-state index in [0.29, 0.717) is 13.2 Å². The summed E-state index contributed by atoms with van der Waals surface area (Å²) < 4.78 is 6.40. The molecular formula is C13H19BrN2O2. The highest BCUT2D eigenvalue weighted by molar-refractivity contribution is 9.10. The number of rotatable bonds is 3. The molecule has 1 aliphatic heterocycles. The van der Waals surface area contributed by atoms with Crippen LogP contribution in [0.1, 0.15) is 18.5 Å². The Kier molecular flexibility index (Phi) is 4.61. The van der Waals surface area contributed by atoms with Gasteiger partial charge in [-0.05, 0) is 24.6 Å². The Morgan fingerprint density at radius 3 is 3.00 bits per heavy atom. The summed E-state index contributed by atoms with van der Waals surface area (Å²) in [6, 6.07) is 6.19. The van der Waals surface area contributed by atoms with E-state index in [1.807, 2.05) is 13.0 Å². The molecular weight excluding hydrogens is 296 g/mol. The maximum absolute atomic E-state index is 9.38. The number of ether oxygens (including phenoxy) is 1. The van der Waals surface area contributed by atoms with Gasteiger partial charge < -0.3 is 20.5 Å². The highest BCUT2D eigenvalue weighted by atomic mass is 79.9. The smallest absolute Gasteiger partial charge is 0.0755 e. The molecule has 4 nitrogen and oxygen atoms in total. The molecule has 1 unspecified atom stereocenters. The summed E-state index contributed by atoms with van der Waals surface area (Å²) in [6.07, 6.45) is 0. The fourth-order valence-corrected chi connectivity index (χ4v) is 2.94. The number of nitrogens with two attached hydrogens (primary N) is 1. The van der Waals surface area contributed by atoms with Crippen molar-refractivity contribution in [3.05, 3.63) is 28.2 Å². The van der Waals surface area contributed by atoms with Gasteiger partial charge in [-0.25, -0.2) is 0 Å². The summed E-state index contributed by atoms with van der Waals surface area (Å²) in [5, 5.41) is 9.38. The summed E-state index contributed by atoms with van der Waals surface area (Å²) in [6.45, 7) is 4.14. The molecule has 0 bridgehead atoms. The van der Waals surface area contributed by atoms with E-state index in [0.717, 1.165) is 22.3 Å². The van der Waals surface area contributed by atoms with Gasteiger partial charge in [0.1, 0.15) is 0 Å². The molecule has 2 rings (SSSR count). The average molecular weight is 315 g/mol. The quantitative estimate of drug-likeness (QED) is 0.891. The predicted molar refractivity (Wildman–Crippen MR) is 75.8 cm³/mol. The summed E-state index contributed by atoms with van der Waals surface area (Å²) >= 11 is 3.56. The van der Waals surface area contributed by atoms with Crippen LogP contribution in [0.25, 0.3) is 0 Å². The first kappa shape index (κ1) is 13.8. The fraction of sp³-hybridized carbons (Fsp3) is 0.538. The summed E-state index contributed by atoms with van der Waals surface area (Å²) in [7, 11) is 0. The molecule has 1 heterocycles. The van der Waals surface area contributed by atoms with Crippen molar-refractivity contribution in [1.82, 2.24) is 0 Å². The number of morpholine rings is 1. The van der Waals surface area contributed by atoms with E-state index in [2.05, 4.69) is 33.0 Å². The number of aliphatic hydroxyl groups is 1. The predicted octanol–water partition coefficient (Wildman–Crippen LogP) is 1.67. The zero-order valence-electron chi connectivity index (χ0n) is 10.5. The van der Waals surface area contributed by atoms with Crippen LogP contribution in [-0.2, 0) is 4.74 Å². The highest BCUT2D eigenvalue weighted by Gasteiger charge is 2.23. The van der Waals surface area contributed by atoms with Gasteiger partial charge in [-0.2, -0.15) is 0 Å². The summed E-state index contributed by atoms with van der Waals surface area (Å²) in [4.78, 5) is 2.18. The van der Waals surface area contributed by atoms with Crippen LogP contribution in [0.15, 0.2) is 22.7 Å². The van der Waals surface area contributed by atoms with Crippen LogP contribution in [0, 0.1) is 0 Å². The molecule has 0 saturated carbocycles. The monoisotopic (exact) mass is 314 g/mol. The van der Waals surface area contributed by atoms with E-state index >= 15 is 0 Å². The van der Waals surface area contributed by atoms with Crippen molar-refractivity contribution in [2.75, 3.05) is 31.3 Å². The van der Waals surface area contributed by atoms with E-state index in [1.54, 1.807) is 0 Å². The van der Waals surface area contributed by atoms with Crippen molar-refractivity contribution >= 4 is 21.6 Å². The minimum absolute atomic E-state index is 0.00625. The van der Waals surface area contributed by atoms with Crippen molar-refractivity contribution in [2.45, 2.75) is 19.0 Å². The first-order valence-corrected chi connectivity index (χ1v) is 6.93. The minimum Gasteiger partial charge on any atom is -0.394 e. The molecule has 0 aliphatic carbocycles. The summed E-state index contributed by atoms with van der Waals surface area (Å²) in [5.41, 5.74) is 8.07. The standard InChI is InChI=1S/C13H19BrN2O2/c1-9(15)12-3-2-10(6-13(12)14)16-4-5-18-8-11(16)7-17/h2-3,6,9,11,17H,4-5,7-8,15H2,1H3/t9-,11?/m0/s1. The molecule has 2 atom stereocenters. The lowest BCUT2D eigenvalue weighted by Gasteiger charge is -2.36. The van der Waals surface area contributed by atoms with E-state index in [4.69, 9.17) is 10.5 Å². The summed E-state index contributed by atoms with van der Waals surface area (Å²) in [5.74, 6) is 0. The molecule has 0 radical (unpaired) electrons. The van der Waals surface area contributed by atoms with Gasteiger partial charge in [-0.15, -0.1) is 0 Å². The Labute approximate surface area is 116 Å². The molecule has 5 heteroatoms. The van der Waals surface area contributed by atoms with E-state index in [1.165, 1.54) is 0 Å². The van der Waals surface area contributed by atoms with Crippen LogP contribution >= 0.6 is 15.9 Å². The molecule has 1 fully saturated rings. The Bertz CT molecular complexity index is 412. The number of halogens is 1. The number of benzene rings is 1. The number of hydrogen-bond donors (Lipinski definition) is 2. The normalized spacial score (nSPS) is 22.0. The first-order chi connectivity index (χ1) is 8.63.